The number of anilines is 1. The fraction of sp³-hybridized carbons (Fsp3) is 0.533. The van der Waals surface area contributed by atoms with Crippen LogP contribution in [0.5, 0.6) is 0 Å². The Labute approximate surface area is 118 Å². The van der Waals surface area contributed by atoms with Crippen LogP contribution in [-0.2, 0) is 4.79 Å². The van der Waals surface area contributed by atoms with Crippen LogP contribution in [0.15, 0.2) is 24.3 Å². The number of aliphatic hydroxyl groups is 1. The maximum absolute atomic E-state index is 13.4. The lowest BCUT2D eigenvalue weighted by atomic mass is 9.92. The molecule has 20 heavy (non-hydrogen) atoms. The minimum Gasteiger partial charge on any atom is -0.393 e. The number of rotatable bonds is 4. The average molecular weight is 280 g/mol. The van der Waals surface area contributed by atoms with Gasteiger partial charge in [-0.05, 0) is 50.9 Å². The molecular formula is C15H21FN2O2. The predicted octanol–water partition coefficient (Wildman–Crippen LogP) is 1.86. The van der Waals surface area contributed by atoms with E-state index in [4.69, 9.17) is 0 Å². The van der Waals surface area contributed by atoms with Crippen molar-refractivity contribution in [2.75, 3.05) is 25.0 Å². The van der Waals surface area contributed by atoms with Gasteiger partial charge < -0.3 is 10.4 Å². The van der Waals surface area contributed by atoms with Crippen LogP contribution in [0.4, 0.5) is 10.1 Å². The Morgan fingerprint density at radius 1 is 1.45 bits per heavy atom. The van der Waals surface area contributed by atoms with Gasteiger partial charge in [-0.25, -0.2) is 4.39 Å². The number of para-hydroxylation sites is 1. The number of carbonyl (C=O) groups excluding carboxylic acids is 1. The van der Waals surface area contributed by atoms with Crippen molar-refractivity contribution in [2.45, 2.75) is 25.9 Å². The van der Waals surface area contributed by atoms with Gasteiger partial charge in [0.05, 0.1) is 18.3 Å². The molecule has 1 saturated heterocycles. The highest BCUT2D eigenvalue weighted by Gasteiger charge is 2.23. The van der Waals surface area contributed by atoms with E-state index >= 15 is 0 Å². The predicted molar refractivity (Wildman–Crippen MR) is 75.9 cm³/mol. The van der Waals surface area contributed by atoms with Crippen LogP contribution in [0.25, 0.3) is 0 Å². The van der Waals surface area contributed by atoms with Crippen molar-refractivity contribution >= 4 is 11.6 Å². The van der Waals surface area contributed by atoms with Crippen molar-refractivity contribution in [3.05, 3.63) is 30.1 Å². The van der Waals surface area contributed by atoms with Crippen molar-refractivity contribution in [1.82, 2.24) is 4.90 Å². The highest BCUT2D eigenvalue weighted by atomic mass is 19.1. The number of piperidine rings is 1. The molecule has 0 bridgehead atoms. The topological polar surface area (TPSA) is 52.6 Å². The van der Waals surface area contributed by atoms with Crippen LogP contribution in [0.2, 0.25) is 0 Å². The smallest absolute Gasteiger partial charge is 0.238 e. The molecule has 2 rings (SSSR count). The Kier molecular flexibility index (Phi) is 5.09. The van der Waals surface area contributed by atoms with E-state index in [2.05, 4.69) is 5.32 Å². The molecule has 1 aromatic carbocycles. The molecule has 1 heterocycles. The first-order chi connectivity index (χ1) is 9.56. The lowest BCUT2D eigenvalue weighted by molar-refractivity contribution is -0.117. The van der Waals surface area contributed by atoms with Gasteiger partial charge in [-0.2, -0.15) is 0 Å². The van der Waals surface area contributed by atoms with Crippen LogP contribution in [0, 0.1) is 11.7 Å². The van der Waals surface area contributed by atoms with E-state index in [1.807, 2.05) is 11.8 Å². The lowest BCUT2D eigenvalue weighted by Gasteiger charge is -2.32. The zero-order chi connectivity index (χ0) is 14.5. The zero-order valence-corrected chi connectivity index (χ0v) is 11.7. The summed E-state index contributed by atoms with van der Waals surface area (Å²) in [7, 11) is 0. The summed E-state index contributed by atoms with van der Waals surface area (Å²) < 4.78 is 13.4. The van der Waals surface area contributed by atoms with Crippen LogP contribution in [-0.4, -0.2) is 41.7 Å². The van der Waals surface area contributed by atoms with Gasteiger partial charge in [0.2, 0.25) is 5.91 Å². The highest BCUT2D eigenvalue weighted by Crippen LogP contribution is 2.20. The standard InChI is InChI=1S/C15H21FN2O2/c1-11(19)12-6-8-18(9-7-12)10-15(20)17-14-5-3-2-4-13(14)16/h2-5,11-12,19H,6-10H2,1H3,(H,17,20). The van der Waals surface area contributed by atoms with Crippen molar-refractivity contribution < 1.29 is 14.3 Å². The molecule has 2 N–H and O–H groups in total. The number of halogens is 1. The van der Waals surface area contributed by atoms with Crippen LogP contribution in [0.3, 0.4) is 0 Å². The molecule has 5 heteroatoms. The first-order valence-electron chi connectivity index (χ1n) is 7.01. The maximum atomic E-state index is 13.4. The number of likely N-dealkylation sites (tertiary alicyclic amines) is 1. The second-order valence-electron chi connectivity index (χ2n) is 5.38. The normalized spacial score (nSPS) is 18.8. The Balaban J connectivity index is 1.80. The summed E-state index contributed by atoms with van der Waals surface area (Å²) >= 11 is 0. The number of hydrogen-bond donors (Lipinski definition) is 2. The van der Waals surface area contributed by atoms with E-state index < -0.39 is 5.82 Å². The van der Waals surface area contributed by atoms with E-state index in [1.165, 1.54) is 6.07 Å². The van der Waals surface area contributed by atoms with Crippen LogP contribution >= 0.6 is 0 Å². The summed E-state index contributed by atoms with van der Waals surface area (Å²) in [4.78, 5) is 13.9. The summed E-state index contributed by atoms with van der Waals surface area (Å²) in [6.07, 6.45) is 1.50. The third kappa shape index (κ3) is 4.02. The summed E-state index contributed by atoms with van der Waals surface area (Å²) in [6, 6.07) is 6.15. The molecule has 1 aromatic rings. The Morgan fingerprint density at radius 2 is 2.10 bits per heavy atom. The molecule has 4 nitrogen and oxygen atoms in total. The third-order valence-electron chi connectivity index (χ3n) is 3.83. The molecule has 110 valence electrons. The van der Waals surface area contributed by atoms with Gasteiger partial charge in [-0.15, -0.1) is 0 Å². The molecule has 1 fully saturated rings. The first-order valence-corrected chi connectivity index (χ1v) is 7.01. The summed E-state index contributed by atoms with van der Waals surface area (Å²) in [5.74, 6) is -0.305. The quantitative estimate of drug-likeness (QED) is 0.885. The summed E-state index contributed by atoms with van der Waals surface area (Å²) in [6.45, 7) is 3.66. The number of amides is 1. The van der Waals surface area contributed by atoms with Gasteiger partial charge in [-0.3, -0.25) is 9.69 Å². The first kappa shape index (κ1) is 14.9. The number of hydrogen-bond acceptors (Lipinski definition) is 3. The minimum absolute atomic E-state index is 0.203. The molecular weight excluding hydrogens is 259 g/mol. The molecule has 0 saturated carbocycles. The lowest BCUT2D eigenvalue weighted by Crippen LogP contribution is -2.41. The van der Waals surface area contributed by atoms with Gasteiger partial charge >= 0.3 is 0 Å². The summed E-state index contributed by atoms with van der Waals surface area (Å²) in [5, 5.41) is 12.1. The fourth-order valence-corrected chi connectivity index (χ4v) is 2.55. The SMILES string of the molecule is CC(O)C1CCN(CC(=O)Nc2ccccc2F)CC1. The summed E-state index contributed by atoms with van der Waals surface area (Å²) in [5.41, 5.74) is 0.219. The number of aliphatic hydroxyl groups excluding tert-OH is 1. The Morgan fingerprint density at radius 3 is 2.70 bits per heavy atom. The molecule has 1 unspecified atom stereocenters. The minimum atomic E-state index is -0.423. The van der Waals surface area contributed by atoms with Gasteiger partial charge in [-0.1, -0.05) is 12.1 Å². The second-order valence-corrected chi connectivity index (χ2v) is 5.38. The monoisotopic (exact) mass is 280 g/mol. The second kappa shape index (κ2) is 6.81. The van der Waals surface area contributed by atoms with E-state index in [0.29, 0.717) is 5.92 Å². The number of benzene rings is 1. The number of nitrogens with zero attached hydrogens (tertiary/aromatic N) is 1. The number of carbonyl (C=O) groups is 1. The van der Waals surface area contributed by atoms with Gasteiger partial charge in [0, 0.05) is 0 Å². The molecule has 1 amide bonds. The zero-order valence-electron chi connectivity index (χ0n) is 11.7. The molecule has 1 atom stereocenters. The van der Waals surface area contributed by atoms with Crippen molar-refractivity contribution in [3.63, 3.8) is 0 Å². The molecule has 1 aliphatic heterocycles. The fourth-order valence-electron chi connectivity index (χ4n) is 2.55. The highest BCUT2D eigenvalue weighted by molar-refractivity contribution is 5.92. The van der Waals surface area contributed by atoms with E-state index in [-0.39, 0.29) is 24.2 Å². The van der Waals surface area contributed by atoms with Crippen LogP contribution in [0.1, 0.15) is 19.8 Å². The van der Waals surface area contributed by atoms with E-state index in [1.54, 1.807) is 18.2 Å². The average Bonchev–Trinajstić information content (AvgIpc) is 2.42. The molecule has 0 aromatic heterocycles. The Hall–Kier alpha value is -1.46. The van der Waals surface area contributed by atoms with E-state index in [9.17, 15) is 14.3 Å². The maximum Gasteiger partial charge on any atom is 0.238 e. The Bertz CT molecular complexity index is 457. The van der Waals surface area contributed by atoms with Crippen LogP contribution < -0.4 is 5.32 Å². The van der Waals surface area contributed by atoms with E-state index in [0.717, 1.165) is 25.9 Å². The number of nitrogens with one attached hydrogen (secondary N) is 1. The molecule has 0 spiro atoms. The van der Waals surface area contributed by atoms with Crippen molar-refractivity contribution in [1.29, 1.82) is 0 Å². The largest absolute Gasteiger partial charge is 0.393 e. The van der Waals surface area contributed by atoms with Gasteiger partial charge in [0.25, 0.3) is 0 Å². The van der Waals surface area contributed by atoms with Gasteiger partial charge in [0.1, 0.15) is 5.82 Å². The van der Waals surface area contributed by atoms with Crippen molar-refractivity contribution in [3.8, 4) is 0 Å². The molecule has 0 aliphatic carbocycles. The van der Waals surface area contributed by atoms with Crippen molar-refractivity contribution in [2.24, 2.45) is 5.92 Å². The van der Waals surface area contributed by atoms with Gasteiger partial charge in [0.15, 0.2) is 0 Å². The molecule has 0 radical (unpaired) electrons. The third-order valence-corrected chi connectivity index (χ3v) is 3.83. The molecule has 1 aliphatic rings.